The number of thiophene rings is 1. The standard InChI is InChI=1S/C21H22N4OS/c1-21(2)9-17(24-19(26)8-14-5-7-27-13-14)16-12-23-20(25-18(16)10-21)15-4-3-6-22-11-15/h3-7,11-13,17H,8-10H2,1-2H3,(H,24,26)/t17-/m0/s1. The second-order valence-electron chi connectivity index (χ2n) is 7.81. The van der Waals surface area contributed by atoms with Crippen LogP contribution in [0.4, 0.5) is 0 Å². The molecule has 3 aromatic rings. The highest BCUT2D eigenvalue weighted by Crippen LogP contribution is 2.40. The van der Waals surface area contributed by atoms with Crippen LogP contribution in [0.3, 0.4) is 0 Å². The molecule has 5 nitrogen and oxygen atoms in total. The van der Waals surface area contributed by atoms with Crippen molar-refractivity contribution in [3.8, 4) is 11.4 Å². The Morgan fingerprint density at radius 3 is 2.96 bits per heavy atom. The van der Waals surface area contributed by atoms with Crippen molar-refractivity contribution < 1.29 is 4.79 Å². The molecule has 0 spiro atoms. The monoisotopic (exact) mass is 378 g/mol. The van der Waals surface area contributed by atoms with Crippen LogP contribution in [0.1, 0.15) is 43.1 Å². The number of fused-ring (bicyclic) bond motifs is 1. The van der Waals surface area contributed by atoms with Crippen LogP contribution in [-0.2, 0) is 17.6 Å². The molecule has 1 amide bonds. The summed E-state index contributed by atoms with van der Waals surface area (Å²) in [4.78, 5) is 26.0. The average Bonchev–Trinajstić information content (AvgIpc) is 3.14. The van der Waals surface area contributed by atoms with E-state index in [1.165, 1.54) is 0 Å². The van der Waals surface area contributed by atoms with Crippen LogP contribution in [0.5, 0.6) is 0 Å². The fraction of sp³-hybridized carbons (Fsp3) is 0.333. The number of nitrogens with one attached hydrogen (secondary N) is 1. The summed E-state index contributed by atoms with van der Waals surface area (Å²) in [5.74, 6) is 0.723. The second kappa shape index (κ2) is 7.19. The van der Waals surface area contributed by atoms with Gasteiger partial charge in [-0.3, -0.25) is 9.78 Å². The summed E-state index contributed by atoms with van der Waals surface area (Å²) in [5, 5.41) is 7.21. The first-order chi connectivity index (χ1) is 13.0. The zero-order chi connectivity index (χ0) is 18.9. The van der Waals surface area contributed by atoms with Crippen molar-refractivity contribution in [2.24, 2.45) is 5.41 Å². The number of aromatic nitrogens is 3. The normalized spacial score (nSPS) is 17.9. The van der Waals surface area contributed by atoms with Crippen molar-refractivity contribution in [1.82, 2.24) is 20.3 Å². The topological polar surface area (TPSA) is 67.8 Å². The van der Waals surface area contributed by atoms with E-state index < -0.39 is 0 Å². The van der Waals surface area contributed by atoms with Crippen LogP contribution in [0, 0.1) is 5.41 Å². The number of carbonyl (C=O) groups excluding carboxylic acids is 1. The van der Waals surface area contributed by atoms with E-state index >= 15 is 0 Å². The largest absolute Gasteiger partial charge is 0.349 e. The summed E-state index contributed by atoms with van der Waals surface area (Å²) in [5.41, 5.74) is 4.06. The highest BCUT2D eigenvalue weighted by molar-refractivity contribution is 7.08. The Morgan fingerprint density at radius 2 is 2.22 bits per heavy atom. The molecule has 0 unspecified atom stereocenters. The maximum atomic E-state index is 12.5. The Labute approximate surface area is 162 Å². The van der Waals surface area contributed by atoms with E-state index in [1.54, 1.807) is 23.7 Å². The van der Waals surface area contributed by atoms with Crippen LogP contribution in [-0.4, -0.2) is 20.9 Å². The third-order valence-corrected chi connectivity index (χ3v) is 5.61. The quantitative estimate of drug-likeness (QED) is 0.746. The molecule has 3 heterocycles. The summed E-state index contributed by atoms with van der Waals surface area (Å²) in [7, 11) is 0. The SMILES string of the molecule is CC1(C)Cc2nc(-c3cccnc3)ncc2[C@@H](NC(=O)Cc2ccsc2)C1. The van der Waals surface area contributed by atoms with Gasteiger partial charge >= 0.3 is 0 Å². The van der Waals surface area contributed by atoms with E-state index in [1.807, 2.05) is 35.2 Å². The Kier molecular flexibility index (Phi) is 4.74. The lowest BCUT2D eigenvalue weighted by Gasteiger charge is -2.36. The highest BCUT2D eigenvalue weighted by Gasteiger charge is 2.34. The number of nitrogens with zero attached hydrogens (tertiary/aromatic N) is 3. The maximum absolute atomic E-state index is 12.5. The van der Waals surface area contributed by atoms with Crippen LogP contribution in [0.2, 0.25) is 0 Å². The van der Waals surface area contributed by atoms with Crippen molar-refractivity contribution in [1.29, 1.82) is 0 Å². The maximum Gasteiger partial charge on any atom is 0.224 e. The van der Waals surface area contributed by atoms with Gasteiger partial charge in [-0.1, -0.05) is 13.8 Å². The number of rotatable bonds is 4. The third kappa shape index (κ3) is 4.06. The number of amides is 1. The molecular formula is C21H22N4OS. The van der Waals surface area contributed by atoms with Crippen molar-refractivity contribution >= 4 is 17.2 Å². The minimum absolute atomic E-state index is 0.0402. The third-order valence-electron chi connectivity index (χ3n) is 4.88. The summed E-state index contributed by atoms with van der Waals surface area (Å²) >= 11 is 1.61. The number of hydrogen-bond acceptors (Lipinski definition) is 5. The van der Waals surface area contributed by atoms with E-state index in [9.17, 15) is 4.79 Å². The van der Waals surface area contributed by atoms with Gasteiger partial charge in [0.25, 0.3) is 0 Å². The lowest BCUT2D eigenvalue weighted by atomic mass is 9.74. The lowest BCUT2D eigenvalue weighted by Crippen LogP contribution is -2.37. The molecule has 27 heavy (non-hydrogen) atoms. The van der Waals surface area contributed by atoms with Gasteiger partial charge in [0.1, 0.15) is 0 Å². The van der Waals surface area contributed by atoms with Gasteiger partial charge in [-0.05, 0) is 52.8 Å². The predicted octanol–water partition coefficient (Wildman–Crippen LogP) is 3.97. The van der Waals surface area contributed by atoms with Gasteiger partial charge < -0.3 is 5.32 Å². The minimum atomic E-state index is -0.0576. The minimum Gasteiger partial charge on any atom is -0.349 e. The Hall–Kier alpha value is -2.60. The van der Waals surface area contributed by atoms with E-state index in [2.05, 4.69) is 29.1 Å². The molecular weight excluding hydrogens is 356 g/mol. The molecule has 1 aliphatic rings. The van der Waals surface area contributed by atoms with Crippen LogP contribution >= 0.6 is 11.3 Å². The Balaban J connectivity index is 1.60. The molecule has 0 aromatic carbocycles. The number of hydrogen-bond donors (Lipinski definition) is 1. The van der Waals surface area contributed by atoms with Gasteiger partial charge in [-0.15, -0.1) is 0 Å². The smallest absolute Gasteiger partial charge is 0.224 e. The van der Waals surface area contributed by atoms with E-state index in [-0.39, 0.29) is 17.4 Å². The number of carbonyl (C=O) groups is 1. The van der Waals surface area contributed by atoms with Crippen LogP contribution < -0.4 is 5.32 Å². The van der Waals surface area contributed by atoms with Gasteiger partial charge in [-0.25, -0.2) is 9.97 Å². The molecule has 0 radical (unpaired) electrons. The first kappa shape index (κ1) is 17.8. The fourth-order valence-electron chi connectivity index (χ4n) is 3.63. The van der Waals surface area contributed by atoms with Gasteiger partial charge in [0.05, 0.1) is 18.2 Å². The molecule has 6 heteroatoms. The lowest BCUT2D eigenvalue weighted by molar-refractivity contribution is -0.121. The molecule has 138 valence electrons. The molecule has 1 aliphatic carbocycles. The summed E-state index contributed by atoms with van der Waals surface area (Å²) < 4.78 is 0. The van der Waals surface area contributed by atoms with Crippen molar-refractivity contribution in [3.63, 3.8) is 0 Å². The van der Waals surface area contributed by atoms with Gasteiger partial charge in [0.2, 0.25) is 5.91 Å². The first-order valence-electron chi connectivity index (χ1n) is 9.07. The highest BCUT2D eigenvalue weighted by atomic mass is 32.1. The summed E-state index contributed by atoms with van der Waals surface area (Å²) in [6, 6.07) is 5.78. The summed E-state index contributed by atoms with van der Waals surface area (Å²) in [6.45, 7) is 4.44. The van der Waals surface area contributed by atoms with Crippen LogP contribution in [0.25, 0.3) is 11.4 Å². The predicted molar refractivity (Wildman–Crippen MR) is 106 cm³/mol. The van der Waals surface area contributed by atoms with E-state index in [4.69, 9.17) is 4.98 Å². The Bertz CT molecular complexity index is 938. The molecule has 3 aromatic heterocycles. The van der Waals surface area contributed by atoms with Gasteiger partial charge in [0.15, 0.2) is 5.82 Å². The fourth-order valence-corrected chi connectivity index (χ4v) is 4.30. The second-order valence-corrected chi connectivity index (χ2v) is 8.59. The number of pyridine rings is 1. The van der Waals surface area contributed by atoms with Crippen LogP contribution in [0.15, 0.2) is 47.5 Å². The van der Waals surface area contributed by atoms with Gasteiger partial charge in [-0.2, -0.15) is 11.3 Å². The van der Waals surface area contributed by atoms with Crippen molar-refractivity contribution in [2.45, 2.75) is 39.2 Å². The summed E-state index contributed by atoms with van der Waals surface area (Å²) in [6.07, 6.45) is 7.54. The molecule has 1 atom stereocenters. The molecule has 0 saturated heterocycles. The molecule has 0 aliphatic heterocycles. The zero-order valence-electron chi connectivity index (χ0n) is 15.5. The average molecular weight is 379 g/mol. The van der Waals surface area contributed by atoms with E-state index in [0.717, 1.165) is 35.2 Å². The zero-order valence-corrected chi connectivity index (χ0v) is 16.3. The first-order valence-corrected chi connectivity index (χ1v) is 10.0. The molecule has 0 fully saturated rings. The van der Waals surface area contributed by atoms with Gasteiger partial charge in [0, 0.05) is 29.7 Å². The van der Waals surface area contributed by atoms with E-state index in [0.29, 0.717) is 12.2 Å². The molecule has 4 rings (SSSR count). The molecule has 1 N–H and O–H groups in total. The Morgan fingerprint density at radius 1 is 1.33 bits per heavy atom. The molecule has 0 bridgehead atoms. The van der Waals surface area contributed by atoms with Crippen molar-refractivity contribution in [2.75, 3.05) is 0 Å². The molecule has 0 saturated carbocycles. The van der Waals surface area contributed by atoms with Crippen molar-refractivity contribution in [3.05, 3.63) is 64.4 Å².